The van der Waals surface area contributed by atoms with Crippen LogP contribution >= 0.6 is 0 Å². The van der Waals surface area contributed by atoms with Gasteiger partial charge in [-0.1, -0.05) is 272 Å². The number of ether oxygens (including phenoxy) is 3. The summed E-state index contributed by atoms with van der Waals surface area (Å²) in [5, 5.41) is 0. The number of carbonyl (C=O) groups is 3. The minimum atomic E-state index is -0.784. The monoisotopic (exact) mass is 987 g/mol. The van der Waals surface area contributed by atoms with Gasteiger partial charge in [0, 0.05) is 19.3 Å². The Morgan fingerprint density at radius 1 is 0.296 bits per heavy atom. The Kier molecular flexibility index (Phi) is 55.9. The standard InChI is InChI=1S/C65H110O6/c1-4-7-10-13-16-19-22-24-25-26-27-28-29-30-31-32-33-34-35-36-37-38-39-41-43-46-49-52-55-58-64(67)70-61-62(60-69-63(66)57-54-51-48-45-42-21-18-15-12-9-6-3)71-65(68)59-56-53-50-47-44-40-23-20-17-14-11-8-5-2/h7,10,16,19,24-25,27-28,30-31,33-34,36-37,39,41,62H,4-6,8-9,11-15,17-18,20-23,26,29,32,35,38,40,42-61H2,1-3H3/b10-7-,19-16-,25-24-,28-27-,31-30-,34-33-,37-36-,41-39-. The molecule has 406 valence electrons. The minimum absolute atomic E-state index is 0.0821. The Labute approximate surface area is 438 Å². The molecule has 0 aromatic rings. The van der Waals surface area contributed by atoms with Gasteiger partial charge in [-0.05, 0) is 83.5 Å². The molecule has 6 heteroatoms. The second kappa shape index (κ2) is 58.9. The van der Waals surface area contributed by atoms with Crippen molar-refractivity contribution in [3.63, 3.8) is 0 Å². The third-order valence-electron chi connectivity index (χ3n) is 12.6. The fourth-order valence-electron chi connectivity index (χ4n) is 8.16. The summed E-state index contributed by atoms with van der Waals surface area (Å²) in [7, 11) is 0. The van der Waals surface area contributed by atoms with Crippen LogP contribution in [0.4, 0.5) is 0 Å². The van der Waals surface area contributed by atoms with Crippen molar-refractivity contribution in [3.05, 3.63) is 97.2 Å². The average molecular weight is 988 g/mol. The molecule has 1 atom stereocenters. The van der Waals surface area contributed by atoms with Gasteiger partial charge < -0.3 is 14.2 Å². The van der Waals surface area contributed by atoms with Gasteiger partial charge in [-0.25, -0.2) is 0 Å². The lowest BCUT2D eigenvalue weighted by Crippen LogP contribution is -2.30. The Balaban J connectivity index is 4.30. The lowest BCUT2D eigenvalue weighted by molar-refractivity contribution is -0.167. The predicted octanol–water partition coefficient (Wildman–Crippen LogP) is 20.1. The first-order valence-electron chi connectivity index (χ1n) is 29.7. The van der Waals surface area contributed by atoms with Gasteiger partial charge in [0.25, 0.3) is 0 Å². The van der Waals surface area contributed by atoms with E-state index in [1.165, 1.54) is 116 Å². The largest absolute Gasteiger partial charge is 0.462 e. The Morgan fingerprint density at radius 3 is 0.859 bits per heavy atom. The van der Waals surface area contributed by atoms with E-state index in [9.17, 15) is 14.4 Å². The van der Waals surface area contributed by atoms with Gasteiger partial charge in [0.05, 0.1) is 0 Å². The predicted molar refractivity (Wildman–Crippen MR) is 307 cm³/mol. The smallest absolute Gasteiger partial charge is 0.306 e. The summed E-state index contributed by atoms with van der Waals surface area (Å²) < 4.78 is 16.8. The van der Waals surface area contributed by atoms with Gasteiger partial charge in [-0.2, -0.15) is 0 Å². The second-order valence-electron chi connectivity index (χ2n) is 19.5. The molecule has 0 saturated heterocycles. The van der Waals surface area contributed by atoms with Gasteiger partial charge in [-0.15, -0.1) is 0 Å². The lowest BCUT2D eigenvalue weighted by atomic mass is 10.0. The summed E-state index contributed by atoms with van der Waals surface area (Å²) in [4.78, 5) is 38.1. The number of hydrogen-bond acceptors (Lipinski definition) is 6. The number of carbonyl (C=O) groups excluding carboxylic acids is 3. The van der Waals surface area contributed by atoms with Crippen molar-refractivity contribution >= 4 is 17.9 Å². The van der Waals surface area contributed by atoms with Crippen LogP contribution in [-0.4, -0.2) is 37.2 Å². The molecule has 0 radical (unpaired) electrons. The first kappa shape index (κ1) is 67.3. The van der Waals surface area contributed by atoms with Crippen LogP contribution in [0, 0.1) is 0 Å². The summed E-state index contributed by atoms with van der Waals surface area (Å²) in [5.74, 6) is -0.903. The molecule has 0 aromatic heterocycles. The number of unbranched alkanes of at least 4 members (excludes halogenated alkanes) is 26. The molecule has 0 aliphatic carbocycles. The van der Waals surface area contributed by atoms with Crippen LogP contribution in [0.15, 0.2) is 97.2 Å². The normalized spacial score (nSPS) is 12.8. The average Bonchev–Trinajstić information content (AvgIpc) is 3.37. The molecule has 0 rings (SSSR count). The van der Waals surface area contributed by atoms with Crippen LogP contribution in [0.5, 0.6) is 0 Å². The molecule has 0 fully saturated rings. The van der Waals surface area contributed by atoms with Crippen molar-refractivity contribution in [3.8, 4) is 0 Å². The topological polar surface area (TPSA) is 78.9 Å². The van der Waals surface area contributed by atoms with Gasteiger partial charge in [0.1, 0.15) is 13.2 Å². The van der Waals surface area contributed by atoms with Crippen LogP contribution in [0.2, 0.25) is 0 Å². The van der Waals surface area contributed by atoms with E-state index in [0.29, 0.717) is 19.3 Å². The van der Waals surface area contributed by atoms with E-state index in [0.717, 1.165) is 122 Å². The molecule has 0 spiro atoms. The molecule has 0 aliphatic heterocycles. The van der Waals surface area contributed by atoms with Crippen molar-refractivity contribution in [1.29, 1.82) is 0 Å². The van der Waals surface area contributed by atoms with Crippen LogP contribution in [0.25, 0.3) is 0 Å². The fraction of sp³-hybridized carbons (Fsp3) is 0.708. The van der Waals surface area contributed by atoms with Crippen LogP contribution in [0.1, 0.15) is 278 Å². The second-order valence-corrected chi connectivity index (χ2v) is 19.5. The van der Waals surface area contributed by atoms with Crippen molar-refractivity contribution in [2.24, 2.45) is 0 Å². The first-order chi connectivity index (χ1) is 35.0. The molecule has 71 heavy (non-hydrogen) atoms. The van der Waals surface area contributed by atoms with E-state index >= 15 is 0 Å². The summed E-state index contributed by atoms with van der Waals surface area (Å²) in [6.07, 6.45) is 78.3. The van der Waals surface area contributed by atoms with Crippen LogP contribution in [0.3, 0.4) is 0 Å². The van der Waals surface area contributed by atoms with E-state index in [-0.39, 0.29) is 31.1 Å². The number of hydrogen-bond donors (Lipinski definition) is 0. The molecule has 6 nitrogen and oxygen atoms in total. The molecule has 0 heterocycles. The quantitative estimate of drug-likeness (QED) is 0.0261. The van der Waals surface area contributed by atoms with Crippen molar-refractivity contribution in [2.45, 2.75) is 284 Å². The van der Waals surface area contributed by atoms with Crippen LogP contribution in [-0.2, 0) is 28.6 Å². The van der Waals surface area contributed by atoms with Crippen LogP contribution < -0.4 is 0 Å². The highest BCUT2D eigenvalue weighted by Gasteiger charge is 2.19. The molecule has 0 amide bonds. The van der Waals surface area contributed by atoms with E-state index < -0.39 is 6.10 Å². The molecule has 0 aliphatic rings. The third kappa shape index (κ3) is 57.1. The van der Waals surface area contributed by atoms with E-state index in [4.69, 9.17) is 14.2 Å². The molecule has 0 aromatic carbocycles. The van der Waals surface area contributed by atoms with Crippen molar-refractivity contribution in [1.82, 2.24) is 0 Å². The van der Waals surface area contributed by atoms with E-state index in [1.807, 2.05) is 0 Å². The Morgan fingerprint density at radius 2 is 0.549 bits per heavy atom. The zero-order valence-corrected chi connectivity index (χ0v) is 46.5. The highest BCUT2D eigenvalue weighted by atomic mass is 16.6. The van der Waals surface area contributed by atoms with E-state index in [2.05, 4.69) is 118 Å². The third-order valence-corrected chi connectivity index (χ3v) is 12.6. The van der Waals surface area contributed by atoms with Gasteiger partial charge in [0.15, 0.2) is 6.10 Å². The lowest BCUT2D eigenvalue weighted by Gasteiger charge is -2.18. The maximum Gasteiger partial charge on any atom is 0.306 e. The number of allylic oxidation sites excluding steroid dienone is 16. The summed E-state index contributed by atoms with van der Waals surface area (Å²) >= 11 is 0. The van der Waals surface area contributed by atoms with Crippen molar-refractivity contribution < 1.29 is 28.6 Å². The van der Waals surface area contributed by atoms with Gasteiger partial charge >= 0.3 is 17.9 Å². The van der Waals surface area contributed by atoms with Gasteiger partial charge in [0.2, 0.25) is 0 Å². The highest BCUT2D eigenvalue weighted by Crippen LogP contribution is 2.16. The first-order valence-corrected chi connectivity index (χ1v) is 29.7. The molecule has 0 saturated carbocycles. The molecular weight excluding hydrogens is 877 g/mol. The Bertz CT molecular complexity index is 1410. The summed E-state index contributed by atoms with van der Waals surface area (Å²) in [6.45, 7) is 6.51. The number of esters is 3. The maximum atomic E-state index is 12.8. The highest BCUT2D eigenvalue weighted by molar-refractivity contribution is 5.71. The summed E-state index contributed by atoms with van der Waals surface area (Å²) in [5.41, 5.74) is 0. The zero-order chi connectivity index (χ0) is 51.4. The fourth-order valence-corrected chi connectivity index (χ4v) is 8.16. The maximum absolute atomic E-state index is 12.8. The SMILES string of the molecule is CC/C=C\C/C=C\C/C=C\C/C=C\C/C=C\C/C=C\C/C=C\C/C=C\CCCCCCC(=O)OCC(COC(=O)CCCCCCCCCCCCC)OC(=O)CCCCCCCCCCCCCCC. The number of rotatable bonds is 53. The molecule has 0 N–H and O–H groups in total. The Hall–Kier alpha value is -3.67. The van der Waals surface area contributed by atoms with Gasteiger partial charge in [-0.3, -0.25) is 14.4 Å². The molecular formula is C65H110O6. The summed E-state index contributed by atoms with van der Waals surface area (Å²) in [6, 6.07) is 0. The minimum Gasteiger partial charge on any atom is -0.462 e. The molecule has 1 unspecified atom stereocenters. The molecule has 0 bridgehead atoms. The van der Waals surface area contributed by atoms with Crippen molar-refractivity contribution in [2.75, 3.05) is 13.2 Å². The van der Waals surface area contributed by atoms with E-state index in [1.54, 1.807) is 0 Å². The zero-order valence-electron chi connectivity index (χ0n) is 46.5.